The van der Waals surface area contributed by atoms with Gasteiger partial charge in [0, 0.05) is 6.61 Å². The van der Waals surface area contributed by atoms with Crippen LogP contribution in [0.2, 0.25) is 0 Å². The molecule has 0 radical (unpaired) electrons. The summed E-state index contributed by atoms with van der Waals surface area (Å²) in [6.07, 6.45) is 13.1. The second-order valence-electron chi connectivity index (χ2n) is 8.54. The fourth-order valence-electron chi connectivity index (χ4n) is 4.78. The van der Waals surface area contributed by atoms with Crippen LogP contribution in [-0.4, -0.2) is 11.7 Å². The Labute approximate surface area is 142 Å². The molecule has 0 spiro atoms. The van der Waals surface area contributed by atoms with Crippen LogP contribution in [0.25, 0.3) is 0 Å². The molecule has 1 nitrogen and oxygen atoms in total. The highest BCUT2D eigenvalue weighted by Crippen LogP contribution is 2.46. The minimum absolute atomic E-state index is 0.158. The van der Waals surface area contributed by atoms with E-state index in [-0.39, 0.29) is 5.41 Å². The van der Waals surface area contributed by atoms with Crippen LogP contribution in [0.1, 0.15) is 87.8 Å². The van der Waals surface area contributed by atoms with Crippen LogP contribution in [-0.2, 0) is 12.8 Å². The van der Waals surface area contributed by atoms with Gasteiger partial charge in [0.15, 0.2) is 0 Å². The van der Waals surface area contributed by atoms with Crippen molar-refractivity contribution in [3.05, 3.63) is 34.9 Å². The maximum atomic E-state index is 9.60. The molecule has 1 fully saturated rings. The Balaban J connectivity index is 1.63. The summed E-state index contributed by atoms with van der Waals surface area (Å²) in [4.78, 5) is 0. The molecule has 2 aliphatic rings. The summed E-state index contributed by atoms with van der Waals surface area (Å²) in [7, 11) is 0. The molecule has 0 bridgehead atoms. The predicted molar refractivity (Wildman–Crippen MR) is 97.9 cm³/mol. The predicted octanol–water partition coefficient (Wildman–Crippen LogP) is 5.64. The quantitative estimate of drug-likeness (QED) is 0.674. The summed E-state index contributed by atoms with van der Waals surface area (Å²) in [6.45, 7) is 4.88. The molecule has 1 N–H and O–H groups in total. The van der Waals surface area contributed by atoms with Crippen molar-refractivity contribution in [3.8, 4) is 0 Å². The first-order valence-corrected chi connectivity index (χ1v) is 9.86. The van der Waals surface area contributed by atoms with Crippen molar-refractivity contribution >= 4 is 0 Å². The van der Waals surface area contributed by atoms with Crippen LogP contribution in [0.15, 0.2) is 18.2 Å². The topological polar surface area (TPSA) is 20.2 Å². The molecule has 3 atom stereocenters. The van der Waals surface area contributed by atoms with E-state index in [4.69, 9.17) is 0 Å². The number of unbranched alkanes of at least 4 members (excludes halogenated alkanes) is 2. The zero-order valence-corrected chi connectivity index (χ0v) is 15.1. The van der Waals surface area contributed by atoms with Crippen LogP contribution in [0, 0.1) is 11.3 Å². The van der Waals surface area contributed by atoms with Gasteiger partial charge in [-0.1, -0.05) is 57.7 Å². The molecule has 0 heterocycles. The largest absolute Gasteiger partial charge is 0.396 e. The van der Waals surface area contributed by atoms with Crippen molar-refractivity contribution in [3.63, 3.8) is 0 Å². The highest BCUT2D eigenvalue weighted by molar-refractivity contribution is 5.36. The monoisotopic (exact) mass is 314 g/mol. The third-order valence-electron chi connectivity index (χ3n) is 6.47. The molecule has 0 aromatic heterocycles. The Hall–Kier alpha value is -0.820. The van der Waals surface area contributed by atoms with Gasteiger partial charge in [-0.05, 0) is 72.5 Å². The van der Waals surface area contributed by atoms with Crippen molar-refractivity contribution in [2.45, 2.75) is 84.0 Å². The van der Waals surface area contributed by atoms with E-state index in [1.165, 1.54) is 63.4 Å². The van der Waals surface area contributed by atoms with Crippen molar-refractivity contribution in [2.24, 2.45) is 11.3 Å². The van der Waals surface area contributed by atoms with E-state index in [1.54, 1.807) is 11.1 Å². The minimum Gasteiger partial charge on any atom is -0.396 e. The number of aliphatic hydroxyl groups is 1. The van der Waals surface area contributed by atoms with Gasteiger partial charge >= 0.3 is 0 Å². The molecule has 0 aliphatic heterocycles. The highest BCUT2D eigenvalue weighted by Gasteiger charge is 2.35. The van der Waals surface area contributed by atoms with Crippen molar-refractivity contribution in [1.82, 2.24) is 0 Å². The molecule has 3 rings (SSSR count). The van der Waals surface area contributed by atoms with Gasteiger partial charge in [0.25, 0.3) is 0 Å². The standard InChI is InChI=1S/C22H34O/c1-3-4-5-6-17-7-8-19-14-20(10-9-18(19)13-17)21-11-12-22(2,15-21)16-23/h9-10,14,17,21,23H,3-8,11-13,15-16H2,1-2H3/t17?,21-,22-/m0/s1. The molecule has 2 aliphatic carbocycles. The van der Waals surface area contributed by atoms with E-state index in [9.17, 15) is 5.11 Å². The number of aliphatic hydroxyl groups excluding tert-OH is 1. The second-order valence-corrected chi connectivity index (χ2v) is 8.54. The number of rotatable bonds is 6. The molecular formula is C22H34O. The molecule has 1 heteroatoms. The Morgan fingerprint density at radius 1 is 1.17 bits per heavy atom. The molecule has 128 valence electrons. The fraction of sp³-hybridized carbons (Fsp3) is 0.727. The normalized spacial score (nSPS) is 30.4. The number of fused-ring (bicyclic) bond motifs is 1. The molecule has 1 aromatic carbocycles. The van der Waals surface area contributed by atoms with E-state index in [0.29, 0.717) is 12.5 Å². The van der Waals surface area contributed by atoms with Crippen molar-refractivity contribution in [1.29, 1.82) is 0 Å². The summed E-state index contributed by atoms with van der Waals surface area (Å²) in [5, 5.41) is 9.60. The van der Waals surface area contributed by atoms with Gasteiger partial charge in [0.05, 0.1) is 0 Å². The van der Waals surface area contributed by atoms with E-state index < -0.39 is 0 Å². The molecule has 0 saturated heterocycles. The van der Waals surface area contributed by atoms with Crippen molar-refractivity contribution < 1.29 is 5.11 Å². The van der Waals surface area contributed by atoms with Crippen LogP contribution in [0.5, 0.6) is 0 Å². The minimum atomic E-state index is 0.158. The first-order chi connectivity index (χ1) is 11.1. The SMILES string of the molecule is CCCCCC1CCc2cc([C@H]3CC[C@](C)(CO)C3)ccc2C1. The van der Waals surface area contributed by atoms with Gasteiger partial charge in [-0.2, -0.15) is 0 Å². The Morgan fingerprint density at radius 3 is 2.78 bits per heavy atom. The van der Waals surface area contributed by atoms with Crippen LogP contribution >= 0.6 is 0 Å². The fourth-order valence-corrected chi connectivity index (χ4v) is 4.78. The van der Waals surface area contributed by atoms with Crippen LogP contribution in [0.4, 0.5) is 0 Å². The lowest BCUT2D eigenvalue weighted by molar-refractivity contribution is 0.147. The van der Waals surface area contributed by atoms with Gasteiger partial charge in [-0.3, -0.25) is 0 Å². The molecule has 1 aromatic rings. The first-order valence-electron chi connectivity index (χ1n) is 9.86. The summed E-state index contributed by atoms with van der Waals surface area (Å²) >= 11 is 0. The smallest absolute Gasteiger partial charge is 0.0484 e. The first kappa shape index (κ1) is 17.0. The Kier molecular flexibility index (Phi) is 5.46. The van der Waals surface area contributed by atoms with Gasteiger partial charge in [-0.25, -0.2) is 0 Å². The van der Waals surface area contributed by atoms with Gasteiger partial charge in [0.2, 0.25) is 0 Å². The number of benzene rings is 1. The summed E-state index contributed by atoms with van der Waals surface area (Å²) in [5.74, 6) is 1.59. The zero-order valence-electron chi connectivity index (χ0n) is 15.1. The summed E-state index contributed by atoms with van der Waals surface area (Å²) in [6, 6.07) is 7.32. The van der Waals surface area contributed by atoms with E-state index in [2.05, 4.69) is 32.0 Å². The lowest BCUT2D eigenvalue weighted by Gasteiger charge is -2.26. The molecule has 23 heavy (non-hydrogen) atoms. The number of hydrogen-bond acceptors (Lipinski definition) is 1. The van der Waals surface area contributed by atoms with Gasteiger partial charge < -0.3 is 5.11 Å². The average Bonchev–Trinajstić information content (AvgIpc) is 2.98. The average molecular weight is 315 g/mol. The maximum absolute atomic E-state index is 9.60. The number of hydrogen-bond donors (Lipinski definition) is 1. The third-order valence-corrected chi connectivity index (χ3v) is 6.47. The summed E-state index contributed by atoms with van der Waals surface area (Å²) < 4.78 is 0. The van der Waals surface area contributed by atoms with Crippen LogP contribution in [0.3, 0.4) is 0 Å². The van der Waals surface area contributed by atoms with E-state index in [0.717, 1.165) is 12.3 Å². The molecule has 0 amide bonds. The van der Waals surface area contributed by atoms with E-state index in [1.807, 2.05) is 0 Å². The Bertz CT molecular complexity index is 521. The summed E-state index contributed by atoms with van der Waals surface area (Å²) in [5.41, 5.74) is 4.92. The Morgan fingerprint density at radius 2 is 2.04 bits per heavy atom. The van der Waals surface area contributed by atoms with E-state index >= 15 is 0 Å². The highest BCUT2D eigenvalue weighted by atomic mass is 16.3. The molecular weight excluding hydrogens is 280 g/mol. The second kappa shape index (κ2) is 7.38. The van der Waals surface area contributed by atoms with Gasteiger partial charge in [0.1, 0.15) is 0 Å². The van der Waals surface area contributed by atoms with Gasteiger partial charge in [-0.15, -0.1) is 0 Å². The maximum Gasteiger partial charge on any atom is 0.0484 e. The third kappa shape index (κ3) is 3.99. The number of aryl methyl sites for hydroxylation is 1. The van der Waals surface area contributed by atoms with Crippen molar-refractivity contribution in [2.75, 3.05) is 6.61 Å². The zero-order chi connectivity index (χ0) is 16.3. The molecule has 1 unspecified atom stereocenters. The van der Waals surface area contributed by atoms with Crippen LogP contribution < -0.4 is 0 Å². The molecule has 1 saturated carbocycles. The lowest BCUT2D eigenvalue weighted by atomic mass is 9.79. The lowest BCUT2D eigenvalue weighted by Crippen LogP contribution is -2.17.